The van der Waals surface area contributed by atoms with Gasteiger partial charge in [0.05, 0.1) is 21.7 Å². The Labute approximate surface area is 166 Å². The first-order valence-corrected chi connectivity index (χ1v) is 9.16. The number of carboxylic acid groups (broad SMARTS) is 1. The Morgan fingerprint density at radius 1 is 1.15 bits per heavy atom. The maximum Gasteiger partial charge on any atom is 0.335 e. The zero-order valence-electron chi connectivity index (χ0n) is 14.8. The van der Waals surface area contributed by atoms with Crippen molar-refractivity contribution < 1.29 is 14.7 Å². The lowest BCUT2D eigenvalue weighted by Gasteiger charge is -2.18. The lowest BCUT2D eigenvalue weighted by atomic mass is 10.0. The van der Waals surface area contributed by atoms with Crippen LogP contribution >= 0.6 is 23.2 Å². The molecule has 1 unspecified atom stereocenters. The minimum Gasteiger partial charge on any atom is -0.478 e. The molecule has 2 N–H and O–H groups in total. The van der Waals surface area contributed by atoms with Gasteiger partial charge in [0.15, 0.2) is 0 Å². The van der Waals surface area contributed by atoms with Gasteiger partial charge in [0.1, 0.15) is 5.69 Å². The maximum absolute atomic E-state index is 12.8. The summed E-state index contributed by atoms with van der Waals surface area (Å²) in [5.74, 6) is -1.22. The molecule has 1 aromatic heterocycles. The second kappa shape index (κ2) is 7.62. The van der Waals surface area contributed by atoms with Crippen molar-refractivity contribution >= 4 is 46.0 Å². The lowest BCUT2D eigenvalue weighted by molar-refractivity contribution is 0.0696. The predicted molar refractivity (Wildman–Crippen MR) is 107 cm³/mol. The van der Waals surface area contributed by atoms with Crippen molar-refractivity contribution in [3.8, 4) is 0 Å². The molecule has 5 nitrogen and oxygen atoms in total. The van der Waals surface area contributed by atoms with E-state index in [9.17, 15) is 9.59 Å². The average Bonchev–Trinajstić information content (AvgIpc) is 3.00. The van der Waals surface area contributed by atoms with Gasteiger partial charge in [-0.3, -0.25) is 4.79 Å². The maximum atomic E-state index is 12.8. The van der Waals surface area contributed by atoms with E-state index in [2.05, 4.69) is 5.32 Å². The summed E-state index contributed by atoms with van der Waals surface area (Å²) in [6.07, 6.45) is 0.661. The molecule has 2 aromatic carbocycles. The number of fused-ring (bicyclic) bond motifs is 1. The molecule has 0 aliphatic heterocycles. The number of aryl methyl sites for hydroxylation is 1. The van der Waals surface area contributed by atoms with Crippen LogP contribution < -0.4 is 5.32 Å². The molecule has 1 amide bonds. The van der Waals surface area contributed by atoms with Gasteiger partial charge in [-0.2, -0.15) is 0 Å². The summed E-state index contributed by atoms with van der Waals surface area (Å²) in [5.41, 5.74) is 2.33. The number of amides is 1. The second-order valence-corrected chi connectivity index (χ2v) is 7.03. The Morgan fingerprint density at radius 2 is 1.81 bits per heavy atom. The quantitative estimate of drug-likeness (QED) is 0.623. The molecule has 27 heavy (non-hydrogen) atoms. The minimum absolute atomic E-state index is 0.208. The van der Waals surface area contributed by atoms with E-state index < -0.39 is 5.97 Å². The second-order valence-electron chi connectivity index (χ2n) is 6.24. The molecule has 0 fully saturated rings. The minimum atomic E-state index is -0.982. The highest BCUT2D eigenvalue weighted by Gasteiger charge is 2.19. The molecule has 1 atom stereocenters. The first-order chi connectivity index (χ1) is 12.8. The van der Waals surface area contributed by atoms with Crippen molar-refractivity contribution in [1.29, 1.82) is 0 Å². The van der Waals surface area contributed by atoms with Gasteiger partial charge in [-0.25, -0.2) is 4.79 Å². The predicted octanol–water partition coefficient (Wildman–Crippen LogP) is 5.06. The van der Waals surface area contributed by atoms with Crippen molar-refractivity contribution in [3.05, 3.63) is 69.3 Å². The molecule has 0 bridgehead atoms. The van der Waals surface area contributed by atoms with E-state index in [1.807, 2.05) is 13.0 Å². The Morgan fingerprint density at radius 3 is 2.41 bits per heavy atom. The molecule has 0 aliphatic carbocycles. The molecule has 0 saturated heterocycles. The molecule has 3 aromatic rings. The third-order valence-corrected chi connectivity index (χ3v) is 5.44. The Bertz CT molecular complexity index is 1030. The highest BCUT2D eigenvalue weighted by atomic mass is 35.5. The largest absolute Gasteiger partial charge is 0.478 e. The normalized spacial score (nSPS) is 12.1. The Hall–Kier alpha value is -2.50. The summed E-state index contributed by atoms with van der Waals surface area (Å²) in [5, 5.41) is 13.6. The van der Waals surface area contributed by atoms with E-state index in [1.165, 1.54) is 12.1 Å². The van der Waals surface area contributed by atoms with Gasteiger partial charge < -0.3 is 15.0 Å². The number of nitrogens with one attached hydrogen (secondary N) is 1. The SMILES string of the molecule is CCC(NC(=O)c1cc2c(Cl)c(Cl)ccc2n1C)c1ccc(C(=O)O)cc1. The molecule has 7 heteroatoms. The summed E-state index contributed by atoms with van der Waals surface area (Å²) in [4.78, 5) is 23.8. The molecule has 140 valence electrons. The van der Waals surface area contributed by atoms with Crippen molar-refractivity contribution in [1.82, 2.24) is 9.88 Å². The van der Waals surface area contributed by atoms with Crippen LogP contribution in [0, 0.1) is 0 Å². The molecule has 0 aliphatic rings. The van der Waals surface area contributed by atoms with Gasteiger partial charge in [-0.1, -0.05) is 42.3 Å². The standard InChI is InChI=1S/C20H18Cl2N2O3/c1-3-15(11-4-6-12(7-5-11)20(26)27)23-19(25)17-10-13-16(24(17)2)9-8-14(21)18(13)22/h4-10,15H,3H2,1-2H3,(H,23,25)(H,26,27). The Balaban J connectivity index is 1.89. The number of aromatic nitrogens is 1. The average molecular weight is 405 g/mol. The number of carbonyl (C=O) groups excluding carboxylic acids is 1. The number of hydrogen-bond acceptors (Lipinski definition) is 2. The molecular formula is C20H18Cl2N2O3. The van der Waals surface area contributed by atoms with E-state index in [4.69, 9.17) is 28.3 Å². The van der Waals surface area contributed by atoms with Gasteiger partial charge in [0.2, 0.25) is 0 Å². The number of rotatable bonds is 5. The molecule has 0 radical (unpaired) electrons. The molecule has 0 spiro atoms. The smallest absolute Gasteiger partial charge is 0.335 e. The number of hydrogen-bond donors (Lipinski definition) is 2. The fourth-order valence-electron chi connectivity index (χ4n) is 3.08. The highest BCUT2D eigenvalue weighted by molar-refractivity contribution is 6.45. The number of benzene rings is 2. The van der Waals surface area contributed by atoms with Crippen LogP contribution in [0.4, 0.5) is 0 Å². The van der Waals surface area contributed by atoms with Crippen molar-refractivity contribution in [2.45, 2.75) is 19.4 Å². The summed E-state index contributed by atoms with van der Waals surface area (Å²) in [7, 11) is 1.80. The molecular weight excluding hydrogens is 387 g/mol. The summed E-state index contributed by atoms with van der Waals surface area (Å²) < 4.78 is 1.77. The number of carboxylic acids is 1. The molecule has 1 heterocycles. The zero-order valence-corrected chi connectivity index (χ0v) is 16.3. The van der Waals surface area contributed by atoms with Gasteiger partial charge in [0.25, 0.3) is 5.91 Å². The monoisotopic (exact) mass is 404 g/mol. The third-order valence-electron chi connectivity index (χ3n) is 4.62. The topological polar surface area (TPSA) is 71.3 Å². The van der Waals surface area contributed by atoms with Gasteiger partial charge in [0, 0.05) is 18.0 Å². The first-order valence-electron chi connectivity index (χ1n) is 8.41. The molecule has 3 rings (SSSR count). The highest BCUT2D eigenvalue weighted by Crippen LogP contribution is 2.32. The van der Waals surface area contributed by atoms with Crippen LogP contribution in [-0.2, 0) is 7.05 Å². The van der Waals surface area contributed by atoms with Gasteiger partial charge in [-0.05, 0) is 42.3 Å². The van der Waals surface area contributed by atoms with E-state index in [0.29, 0.717) is 22.2 Å². The number of carbonyl (C=O) groups is 2. The van der Waals surface area contributed by atoms with Crippen LogP contribution in [0.25, 0.3) is 10.9 Å². The first kappa shape index (κ1) is 19.3. The van der Waals surface area contributed by atoms with Gasteiger partial charge in [-0.15, -0.1) is 0 Å². The fraction of sp³-hybridized carbons (Fsp3) is 0.200. The van der Waals surface area contributed by atoms with Crippen LogP contribution in [0.3, 0.4) is 0 Å². The van der Waals surface area contributed by atoms with E-state index >= 15 is 0 Å². The van der Waals surface area contributed by atoms with Crippen molar-refractivity contribution in [2.75, 3.05) is 0 Å². The van der Waals surface area contributed by atoms with Crippen LogP contribution in [0.5, 0.6) is 0 Å². The van der Waals surface area contributed by atoms with E-state index in [1.54, 1.807) is 35.9 Å². The van der Waals surface area contributed by atoms with E-state index in [-0.39, 0.29) is 17.5 Å². The van der Waals surface area contributed by atoms with Crippen LogP contribution in [0.1, 0.15) is 45.8 Å². The number of halogens is 2. The van der Waals surface area contributed by atoms with Crippen molar-refractivity contribution in [3.63, 3.8) is 0 Å². The lowest BCUT2D eigenvalue weighted by Crippen LogP contribution is -2.29. The Kier molecular flexibility index (Phi) is 5.44. The number of nitrogens with zero attached hydrogens (tertiary/aromatic N) is 1. The molecule has 0 saturated carbocycles. The van der Waals surface area contributed by atoms with Crippen LogP contribution in [0.2, 0.25) is 10.0 Å². The van der Waals surface area contributed by atoms with Crippen LogP contribution in [0.15, 0.2) is 42.5 Å². The summed E-state index contributed by atoms with van der Waals surface area (Å²) in [6.45, 7) is 1.95. The number of aromatic carboxylic acids is 1. The fourth-order valence-corrected chi connectivity index (χ4v) is 3.46. The summed E-state index contributed by atoms with van der Waals surface area (Å²) >= 11 is 12.3. The van der Waals surface area contributed by atoms with Crippen LogP contribution in [-0.4, -0.2) is 21.6 Å². The third kappa shape index (κ3) is 3.66. The van der Waals surface area contributed by atoms with E-state index in [0.717, 1.165) is 16.5 Å². The summed E-state index contributed by atoms with van der Waals surface area (Å²) in [6, 6.07) is 11.5. The van der Waals surface area contributed by atoms with Crippen molar-refractivity contribution in [2.24, 2.45) is 7.05 Å². The zero-order chi connectivity index (χ0) is 19.7. The van der Waals surface area contributed by atoms with Gasteiger partial charge >= 0.3 is 5.97 Å².